The van der Waals surface area contributed by atoms with Crippen LogP contribution in [0.5, 0.6) is 5.75 Å². The third kappa shape index (κ3) is 9.67. The lowest BCUT2D eigenvalue weighted by atomic mass is 9.89. The first kappa shape index (κ1) is 31.7. The van der Waals surface area contributed by atoms with Crippen LogP contribution in [0.15, 0.2) is 42.5 Å². The maximum Gasteiger partial charge on any atom is 0.218 e. The van der Waals surface area contributed by atoms with E-state index >= 15 is 0 Å². The van der Waals surface area contributed by atoms with E-state index < -0.39 is 32.8 Å². The fourth-order valence-corrected chi connectivity index (χ4v) is 6.14. The minimum atomic E-state index is -3.75. The average Bonchev–Trinajstić information content (AvgIpc) is 2.90. The van der Waals surface area contributed by atoms with Gasteiger partial charge in [-0.2, -0.15) is 0 Å². The van der Waals surface area contributed by atoms with E-state index in [4.69, 9.17) is 24.1 Å². The number of benzene rings is 1. The summed E-state index contributed by atoms with van der Waals surface area (Å²) in [6.45, 7) is 6.97. The highest BCUT2D eigenvalue weighted by Gasteiger charge is 2.42. The summed E-state index contributed by atoms with van der Waals surface area (Å²) in [5.41, 5.74) is 0.898. The largest absolute Gasteiger partial charge is 0.463 e. The Kier molecular flexibility index (Phi) is 12.0. The highest BCUT2D eigenvalue weighted by Crippen LogP contribution is 2.33. The average molecular weight is 567 g/mol. The molecule has 2 unspecified atom stereocenters. The van der Waals surface area contributed by atoms with Crippen molar-refractivity contribution in [3.63, 3.8) is 0 Å². The Labute approximate surface area is 233 Å². The van der Waals surface area contributed by atoms with E-state index in [1.807, 2.05) is 32.0 Å². The maximum absolute atomic E-state index is 12.0. The van der Waals surface area contributed by atoms with Crippen LogP contribution in [0, 0.1) is 0 Å². The molecule has 4 N–H and O–H groups in total. The molecule has 0 fully saturated rings. The van der Waals surface area contributed by atoms with E-state index in [9.17, 15) is 13.5 Å². The van der Waals surface area contributed by atoms with Crippen molar-refractivity contribution < 1.29 is 32.5 Å². The minimum absolute atomic E-state index is 0.478. The van der Waals surface area contributed by atoms with Crippen LogP contribution in [0.2, 0.25) is 0 Å². The van der Waals surface area contributed by atoms with Crippen LogP contribution in [0.3, 0.4) is 0 Å². The number of allylic oxidation sites excluding steroid dienone is 2. The molecule has 1 heterocycles. The lowest BCUT2D eigenvalue weighted by molar-refractivity contribution is -0.180. The number of fused-ring (bicyclic) bond motifs is 1. The van der Waals surface area contributed by atoms with Gasteiger partial charge >= 0.3 is 0 Å². The Hall–Kier alpha value is -1.79. The van der Waals surface area contributed by atoms with Gasteiger partial charge in [0.15, 0.2) is 0 Å². The van der Waals surface area contributed by atoms with Gasteiger partial charge in [0.25, 0.3) is 0 Å². The van der Waals surface area contributed by atoms with Crippen molar-refractivity contribution in [3.8, 4) is 5.75 Å². The van der Waals surface area contributed by atoms with E-state index in [1.54, 1.807) is 24.3 Å². The van der Waals surface area contributed by atoms with Gasteiger partial charge in [-0.25, -0.2) is 13.6 Å². The fourth-order valence-electron chi connectivity index (χ4n) is 4.98. The molecular formula is C29H46N2O7S. The highest BCUT2D eigenvalue weighted by atomic mass is 32.2. The predicted octanol–water partition coefficient (Wildman–Crippen LogP) is 3.87. The van der Waals surface area contributed by atoms with Crippen LogP contribution in [-0.4, -0.2) is 63.6 Å². The number of nitrogens with two attached hydrogens (primary N) is 1. The molecule has 10 heteroatoms. The van der Waals surface area contributed by atoms with Crippen LogP contribution in [0.1, 0.15) is 76.0 Å². The molecule has 39 heavy (non-hydrogen) atoms. The smallest absolute Gasteiger partial charge is 0.218 e. The topological polar surface area (TPSA) is 129 Å². The lowest BCUT2D eigenvalue weighted by Gasteiger charge is -2.36. The van der Waals surface area contributed by atoms with Crippen molar-refractivity contribution in [2.45, 2.75) is 88.1 Å². The second-order valence-corrected chi connectivity index (χ2v) is 12.5. The van der Waals surface area contributed by atoms with Gasteiger partial charge in [0.2, 0.25) is 15.8 Å². The minimum Gasteiger partial charge on any atom is -0.463 e. The second kappa shape index (κ2) is 14.7. The van der Waals surface area contributed by atoms with Gasteiger partial charge in [-0.1, -0.05) is 43.2 Å². The SMILES string of the molecule is COC1(CCCCOCCCCCCNC[C@H](O)c2ccc3c(c2)COC(C)(C)O3)C=CC=CC1S(N)(=O)=O. The molecule has 0 radical (unpaired) electrons. The molecule has 1 aromatic carbocycles. The van der Waals surface area contributed by atoms with Crippen LogP contribution in [0.4, 0.5) is 0 Å². The normalized spacial score (nSPS) is 22.8. The zero-order valence-corrected chi connectivity index (χ0v) is 24.4. The Bertz CT molecular complexity index is 1070. The van der Waals surface area contributed by atoms with E-state index in [1.165, 1.54) is 7.11 Å². The molecule has 220 valence electrons. The standard InChI is InChI=1S/C29H46N2O7S/c1-28(2)37-22-24-20-23(13-14-26(24)38-28)25(32)21-31-17-9-4-5-10-18-36-19-11-8-16-29(35-3)15-7-6-12-27(29)39(30,33)34/h6-7,12-15,20,25,27,31-32H,4-5,8-11,16-19,21-22H2,1-3H3,(H2,30,33,34)/t25-,27?,29?/m0/s1. The number of hydrogen-bond donors (Lipinski definition) is 3. The van der Waals surface area contributed by atoms with Gasteiger partial charge in [0.1, 0.15) is 16.6 Å². The summed E-state index contributed by atoms with van der Waals surface area (Å²) < 4.78 is 46.9. The van der Waals surface area contributed by atoms with Crippen LogP contribution in [-0.2, 0) is 30.8 Å². The van der Waals surface area contributed by atoms with Gasteiger partial charge in [0, 0.05) is 46.3 Å². The molecule has 1 aliphatic heterocycles. The summed E-state index contributed by atoms with van der Waals surface area (Å²) in [7, 11) is -2.23. The summed E-state index contributed by atoms with van der Waals surface area (Å²) in [4.78, 5) is 0. The van der Waals surface area contributed by atoms with Crippen molar-refractivity contribution in [1.29, 1.82) is 0 Å². The lowest BCUT2D eigenvalue weighted by Crippen LogP contribution is -2.49. The highest BCUT2D eigenvalue weighted by molar-refractivity contribution is 7.90. The first-order valence-corrected chi connectivity index (χ1v) is 15.5. The molecule has 0 spiro atoms. The van der Waals surface area contributed by atoms with Gasteiger partial charge < -0.3 is 29.4 Å². The fraction of sp³-hybridized carbons (Fsp3) is 0.655. The quantitative estimate of drug-likeness (QED) is 0.242. The van der Waals surface area contributed by atoms with Crippen LogP contribution < -0.4 is 15.2 Å². The van der Waals surface area contributed by atoms with E-state index in [0.29, 0.717) is 32.8 Å². The summed E-state index contributed by atoms with van der Waals surface area (Å²) in [5, 5.41) is 18.4. The zero-order chi connectivity index (χ0) is 28.4. The van der Waals surface area contributed by atoms with Crippen molar-refractivity contribution in [1.82, 2.24) is 5.32 Å². The van der Waals surface area contributed by atoms with Crippen molar-refractivity contribution >= 4 is 10.0 Å². The summed E-state index contributed by atoms with van der Waals surface area (Å²) >= 11 is 0. The molecule has 2 aliphatic rings. The second-order valence-electron chi connectivity index (χ2n) is 10.8. The van der Waals surface area contributed by atoms with Crippen molar-refractivity contribution in [3.05, 3.63) is 53.6 Å². The predicted molar refractivity (Wildman–Crippen MR) is 152 cm³/mol. The van der Waals surface area contributed by atoms with E-state index in [0.717, 1.165) is 61.9 Å². The third-order valence-electron chi connectivity index (χ3n) is 7.23. The number of ether oxygens (including phenoxy) is 4. The van der Waals surface area contributed by atoms with Crippen molar-refractivity contribution in [2.75, 3.05) is 33.4 Å². The van der Waals surface area contributed by atoms with Gasteiger partial charge in [-0.15, -0.1) is 0 Å². The van der Waals surface area contributed by atoms with E-state index in [2.05, 4.69) is 5.32 Å². The van der Waals surface area contributed by atoms with Crippen LogP contribution >= 0.6 is 0 Å². The number of sulfonamides is 1. The molecule has 0 bridgehead atoms. The summed E-state index contributed by atoms with van der Waals surface area (Å²) in [6, 6.07) is 5.78. The third-order valence-corrected chi connectivity index (χ3v) is 8.49. The number of unbranched alkanes of at least 4 members (excludes halogenated alkanes) is 4. The molecule has 0 amide bonds. The van der Waals surface area contributed by atoms with Crippen LogP contribution in [0.25, 0.3) is 0 Å². The molecular weight excluding hydrogens is 520 g/mol. The number of methoxy groups -OCH3 is 1. The summed E-state index contributed by atoms with van der Waals surface area (Å²) in [5.74, 6) is 0.190. The molecule has 3 rings (SSSR count). The van der Waals surface area contributed by atoms with Gasteiger partial charge in [-0.05, 0) is 56.3 Å². The number of primary sulfonamides is 1. The molecule has 1 aromatic rings. The Morgan fingerprint density at radius 3 is 2.62 bits per heavy atom. The first-order chi connectivity index (χ1) is 18.6. The number of aliphatic hydroxyl groups is 1. The van der Waals surface area contributed by atoms with Gasteiger partial charge in [-0.3, -0.25) is 0 Å². The number of aliphatic hydroxyl groups excluding tert-OH is 1. The van der Waals surface area contributed by atoms with E-state index in [-0.39, 0.29) is 0 Å². The molecule has 0 saturated heterocycles. The maximum atomic E-state index is 12.0. The molecule has 9 nitrogen and oxygen atoms in total. The van der Waals surface area contributed by atoms with Crippen molar-refractivity contribution in [2.24, 2.45) is 5.14 Å². The molecule has 0 saturated carbocycles. The Balaban J connectivity index is 1.19. The zero-order valence-electron chi connectivity index (χ0n) is 23.6. The Morgan fingerprint density at radius 1 is 1.13 bits per heavy atom. The molecule has 0 aromatic heterocycles. The summed E-state index contributed by atoms with van der Waals surface area (Å²) in [6.07, 6.45) is 12.7. The number of hydrogen-bond acceptors (Lipinski definition) is 8. The number of nitrogens with one attached hydrogen (secondary N) is 1. The first-order valence-electron chi connectivity index (χ1n) is 13.9. The van der Waals surface area contributed by atoms with Gasteiger partial charge in [0.05, 0.1) is 12.7 Å². The monoisotopic (exact) mass is 566 g/mol. The molecule has 3 atom stereocenters. The molecule has 1 aliphatic carbocycles. The Morgan fingerprint density at radius 2 is 1.87 bits per heavy atom. The number of rotatable bonds is 17.